The normalized spacial score (nSPS) is 19.8. The Morgan fingerprint density at radius 2 is 1.57 bits per heavy atom. The van der Waals surface area contributed by atoms with Crippen molar-refractivity contribution in [1.82, 2.24) is 20.2 Å². The summed E-state index contributed by atoms with van der Waals surface area (Å²) in [6.07, 6.45) is 3.15. The number of hydrogen-bond acceptors (Lipinski definition) is 6. The van der Waals surface area contributed by atoms with Crippen LogP contribution in [0, 0.1) is 31.5 Å². The zero-order chi connectivity index (χ0) is 28.2. The number of halogens is 1. The number of carbonyl (C=O) groups is 3. The Balaban J connectivity index is 1.50. The van der Waals surface area contributed by atoms with Crippen LogP contribution in [-0.4, -0.2) is 44.6 Å². The molecule has 1 aliphatic carbocycles. The third-order valence-corrected chi connectivity index (χ3v) is 7.31. The number of guanidine groups is 1. The molecule has 206 valence electrons. The lowest BCUT2D eigenvalue weighted by molar-refractivity contribution is -0.147. The highest BCUT2D eigenvalue weighted by atomic mass is 19.1. The van der Waals surface area contributed by atoms with Crippen LogP contribution in [0.5, 0.6) is 0 Å². The summed E-state index contributed by atoms with van der Waals surface area (Å²) in [6, 6.07) is 15.8. The highest BCUT2D eigenvalue weighted by Gasteiger charge is 2.51. The number of amides is 3. The van der Waals surface area contributed by atoms with Gasteiger partial charge in [0.1, 0.15) is 11.9 Å². The van der Waals surface area contributed by atoms with Crippen molar-refractivity contribution in [2.75, 3.05) is 5.32 Å². The van der Waals surface area contributed by atoms with Gasteiger partial charge in [0.15, 0.2) is 0 Å². The van der Waals surface area contributed by atoms with Gasteiger partial charge in [-0.15, -0.1) is 0 Å². The number of likely N-dealkylation sites (tertiary alicyclic amines) is 1. The maximum absolute atomic E-state index is 14.6. The van der Waals surface area contributed by atoms with Crippen molar-refractivity contribution in [1.29, 1.82) is 0 Å². The van der Waals surface area contributed by atoms with E-state index in [1.807, 2.05) is 30.3 Å². The number of para-hydroxylation sites is 1. The molecule has 3 aromatic rings. The molecule has 3 unspecified atom stereocenters. The van der Waals surface area contributed by atoms with Crippen molar-refractivity contribution in [3.63, 3.8) is 0 Å². The molecule has 5 rings (SSSR count). The van der Waals surface area contributed by atoms with Crippen LogP contribution in [0.2, 0.25) is 0 Å². The molecule has 3 amide bonds. The standard InChI is InChI=1S/C30H31FN6O3/c1-18-16-19(2)33-29(32-18)36-30(34-24-15-9-8-14-23(24)31)35-26(38)25(17-20-10-4-3-5-11-20)37-27(39)21-12-6-7-13-22(21)28(37)40/h3-5,8-11,14-16,21-22,25H,6-7,12-13,17H2,1-2H3,(H2,32,33,34,35,36,38). The molecule has 2 fully saturated rings. The lowest BCUT2D eigenvalue weighted by Crippen LogP contribution is -2.53. The Morgan fingerprint density at radius 1 is 0.975 bits per heavy atom. The average Bonchev–Trinajstić information content (AvgIpc) is 3.18. The van der Waals surface area contributed by atoms with Crippen molar-refractivity contribution < 1.29 is 18.8 Å². The zero-order valence-corrected chi connectivity index (χ0v) is 22.4. The Morgan fingerprint density at radius 3 is 2.20 bits per heavy atom. The van der Waals surface area contributed by atoms with E-state index in [0.29, 0.717) is 24.2 Å². The molecular weight excluding hydrogens is 511 g/mol. The molecule has 9 nitrogen and oxygen atoms in total. The van der Waals surface area contributed by atoms with Crippen LogP contribution in [0.15, 0.2) is 65.7 Å². The Bertz CT molecular complexity index is 1420. The summed E-state index contributed by atoms with van der Waals surface area (Å²) in [5.74, 6) is -2.68. The fourth-order valence-electron chi connectivity index (χ4n) is 5.47. The second kappa shape index (κ2) is 11.7. The maximum atomic E-state index is 14.6. The van der Waals surface area contributed by atoms with Crippen molar-refractivity contribution in [3.05, 3.63) is 83.4 Å². The van der Waals surface area contributed by atoms with Crippen LogP contribution in [-0.2, 0) is 20.8 Å². The summed E-state index contributed by atoms with van der Waals surface area (Å²) in [7, 11) is 0. The highest BCUT2D eigenvalue weighted by Crippen LogP contribution is 2.39. The van der Waals surface area contributed by atoms with Gasteiger partial charge in [-0.25, -0.2) is 14.4 Å². The van der Waals surface area contributed by atoms with Crippen molar-refractivity contribution >= 4 is 35.3 Å². The van der Waals surface area contributed by atoms with Gasteiger partial charge in [-0.1, -0.05) is 55.3 Å². The van der Waals surface area contributed by atoms with Crippen molar-refractivity contribution in [3.8, 4) is 0 Å². The van der Waals surface area contributed by atoms with Crippen molar-refractivity contribution in [2.24, 2.45) is 16.8 Å². The number of rotatable bonds is 6. The fraction of sp³-hybridized carbons (Fsp3) is 0.333. The minimum atomic E-state index is -1.12. The van der Waals surface area contributed by atoms with E-state index in [0.717, 1.165) is 23.3 Å². The van der Waals surface area contributed by atoms with Gasteiger partial charge in [-0.3, -0.25) is 24.6 Å². The number of carbonyl (C=O) groups excluding carboxylic acids is 3. The Labute approximate surface area is 231 Å². The number of imide groups is 1. The first-order chi connectivity index (χ1) is 19.3. The van der Waals surface area contributed by atoms with E-state index in [2.05, 4.69) is 25.6 Å². The molecule has 1 saturated heterocycles. The highest BCUT2D eigenvalue weighted by molar-refractivity contribution is 6.12. The van der Waals surface area contributed by atoms with E-state index in [1.165, 1.54) is 12.1 Å². The molecule has 2 aromatic carbocycles. The molecule has 0 radical (unpaired) electrons. The first-order valence-corrected chi connectivity index (χ1v) is 13.4. The molecule has 3 atom stereocenters. The second-order valence-electron chi connectivity index (χ2n) is 10.3. The van der Waals surface area contributed by atoms with E-state index in [4.69, 9.17) is 0 Å². The maximum Gasteiger partial charge on any atom is 0.253 e. The molecule has 0 bridgehead atoms. The largest absolute Gasteiger partial charge is 0.323 e. The quantitative estimate of drug-likeness (QED) is 0.274. The first-order valence-electron chi connectivity index (χ1n) is 13.4. The predicted molar refractivity (Wildman–Crippen MR) is 148 cm³/mol. The van der Waals surface area contributed by atoms with Gasteiger partial charge in [-0.05, 0) is 50.5 Å². The average molecular weight is 543 g/mol. The van der Waals surface area contributed by atoms with E-state index in [-0.39, 0.29) is 35.8 Å². The smallest absolute Gasteiger partial charge is 0.253 e. The lowest BCUT2D eigenvalue weighted by atomic mass is 9.81. The van der Waals surface area contributed by atoms with Crippen LogP contribution in [0.4, 0.5) is 16.0 Å². The number of aliphatic imine (C=N–C) groups is 1. The number of benzene rings is 2. The molecule has 2 aliphatic rings. The molecule has 1 aliphatic heterocycles. The van der Waals surface area contributed by atoms with E-state index in [9.17, 15) is 18.8 Å². The Kier molecular flexibility index (Phi) is 7.95. The van der Waals surface area contributed by atoms with Crippen LogP contribution in [0.25, 0.3) is 0 Å². The van der Waals surface area contributed by atoms with Crippen molar-refractivity contribution in [2.45, 2.75) is 52.0 Å². The number of aryl methyl sites for hydroxylation is 2. The molecule has 40 heavy (non-hydrogen) atoms. The molecule has 2 heterocycles. The fourth-order valence-corrected chi connectivity index (χ4v) is 5.47. The molecule has 1 aromatic heterocycles. The summed E-state index contributed by atoms with van der Waals surface area (Å²) >= 11 is 0. The van der Waals surface area contributed by atoms with E-state index < -0.39 is 29.6 Å². The van der Waals surface area contributed by atoms with Gasteiger partial charge in [0.2, 0.25) is 23.7 Å². The lowest BCUT2D eigenvalue weighted by Gasteiger charge is -2.26. The van der Waals surface area contributed by atoms with Gasteiger partial charge < -0.3 is 5.32 Å². The predicted octanol–water partition coefficient (Wildman–Crippen LogP) is 4.23. The first kappa shape index (κ1) is 27.1. The summed E-state index contributed by atoms with van der Waals surface area (Å²) in [5, 5.41) is 5.53. The van der Waals surface area contributed by atoms with Crippen LogP contribution < -0.4 is 10.6 Å². The van der Waals surface area contributed by atoms with Crippen LogP contribution in [0.1, 0.15) is 42.6 Å². The van der Waals surface area contributed by atoms with Gasteiger partial charge in [0, 0.05) is 17.8 Å². The number of nitrogens with zero attached hydrogens (tertiary/aromatic N) is 4. The number of aromatic nitrogens is 2. The minimum Gasteiger partial charge on any atom is -0.323 e. The number of fused-ring (bicyclic) bond motifs is 1. The molecular formula is C30H31FN6O3. The van der Waals surface area contributed by atoms with Gasteiger partial charge in [-0.2, -0.15) is 4.99 Å². The third-order valence-electron chi connectivity index (χ3n) is 7.31. The second-order valence-corrected chi connectivity index (χ2v) is 10.3. The summed E-state index contributed by atoms with van der Waals surface area (Å²) in [5.41, 5.74) is 2.20. The number of nitrogens with one attached hydrogen (secondary N) is 2. The molecule has 2 N–H and O–H groups in total. The van der Waals surface area contributed by atoms with Crippen LogP contribution in [0.3, 0.4) is 0 Å². The SMILES string of the molecule is Cc1cc(C)nc(/N=C(/NC(=O)C(Cc2ccccc2)N2C(=O)C3CCCCC3C2=O)Nc2ccccc2F)n1. The monoisotopic (exact) mass is 542 g/mol. The van der Waals surface area contributed by atoms with Crippen LogP contribution >= 0.6 is 0 Å². The van der Waals surface area contributed by atoms with Gasteiger partial charge in [0.25, 0.3) is 5.95 Å². The molecule has 0 spiro atoms. The third kappa shape index (κ3) is 5.90. The number of hydrogen-bond donors (Lipinski definition) is 2. The van der Waals surface area contributed by atoms with E-state index >= 15 is 0 Å². The number of anilines is 1. The van der Waals surface area contributed by atoms with Gasteiger partial charge >= 0.3 is 0 Å². The summed E-state index contributed by atoms with van der Waals surface area (Å²) < 4.78 is 14.6. The van der Waals surface area contributed by atoms with E-state index in [1.54, 1.807) is 32.0 Å². The minimum absolute atomic E-state index is 0.0654. The topological polar surface area (TPSA) is 117 Å². The zero-order valence-electron chi connectivity index (χ0n) is 22.4. The summed E-state index contributed by atoms with van der Waals surface area (Å²) in [6.45, 7) is 3.58. The Hall–Kier alpha value is -4.47. The summed E-state index contributed by atoms with van der Waals surface area (Å²) in [4.78, 5) is 55.0. The molecule has 10 heteroatoms. The van der Waals surface area contributed by atoms with Gasteiger partial charge in [0.05, 0.1) is 17.5 Å². The molecule has 1 saturated carbocycles.